The minimum Gasteiger partial charge on any atom is -0.491 e. The van der Waals surface area contributed by atoms with E-state index in [2.05, 4.69) is 17.2 Å². The van der Waals surface area contributed by atoms with Crippen LogP contribution in [0.3, 0.4) is 0 Å². The Morgan fingerprint density at radius 3 is 2.20 bits per heavy atom. The van der Waals surface area contributed by atoms with Gasteiger partial charge in [0.2, 0.25) is 11.8 Å². The second-order valence-electron chi connectivity index (χ2n) is 19.4. The number of morpholine rings is 1. The Kier molecular flexibility index (Phi) is 13.7. The first kappa shape index (κ1) is 49.9. The van der Waals surface area contributed by atoms with Gasteiger partial charge in [0.15, 0.2) is 5.13 Å². The van der Waals surface area contributed by atoms with Crippen LogP contribution in [0.1, 0.15) is 90.1 Å². The van der Waals surface area contributed by atoms with Crippen LogP contribution >= 0.6 is 11.3 Å². The highest BCUT2D eigenvalue weighted by Crippen LogP contribution is 2.66. The number of carbonyl (C=O) groups is 4. The zero-order valence-electron chi connectivity index (χ0n) is 41.0. The Hall–Kier alpha value is -8.27. The summed E-state index contributed by atoms with van der Waals surface area (Å²) in [6, 6.07) is 39.5. The fraction of sp³-hybridized carbons (Fsp3) is 0.271. The normalized spacial score (nSPS) is 22.7. The lowest BCUT2D eigenvalue weighted by atomic mass is 9.65. The Labute approximate surface area is 441 Å². The van der Waals surface area contributed by atoms with Gasteiger partial charge in [0.05, 0.1) is 45.4 Å². The van der Waals surface area contributed by atoms with Gasteiger partial charge in [-0.15, -0.1) is 0 Å². The molecule has 1 aromatic heterocycles. The van der Waals surface area contributed by atoms with Gasteiger partial charge >= 0.3 is 12.1 Å². The summed E-state index contributed by atoms with van der Waals surface area (Å²) < 4.78 is 19.2. The number of thiazole rings is 1. The Bertz CT molecular complexity index is 3380. The first-order valence-corrected chi connectivity index (χ1v) is 26.0. The molecule has 1 spiro atoms. The monoisotopic (exact) mass is 1040 g/mol. The van der Waals surface area contributed by atoms with E-state index in [1.165, 1.54) is 35.6 Å². The number of nitrogens with one attached hydrogen (secondary N) is 1. The molecule has 6 aromatic carbocycles. The van der Waals surface area contributed by atoms with Crippen LogP contribution in [0.5, 0.6) is 5.75 Å². The lowest BCUT2D eigenvalue weighted by Gasteiger charge is -2.46. The van der Waals surface area contributed by atoms with Crippen molar-refractivity contribution in [1.82, 2.24) is 9.88 Å². The standard InChI is InChI=1S/C59H51N5O11S/c65-33-34-73-43-26-22-41(23-27-43)52-59(44-35-37(29-32-58(70)30-11-1-2-12-31-58)21-28-46(44)62(55(59)68)57(69)74-36-38-19-24-42(25-20-38)64(71)72)48(53(66)61-56-60-45-17-9-10-18-47(45)76-56)50-54(67)75-51(40-15-7-4-8-16-40)49(63(50)52)39-13-5-3-6-14-39/h3-10,13-28,35,48-52,65,70H,1-2,11-12,30-31,33-34,36H2,(H,60,61,66). The number of para-hydroxylation sites is 1. The van der Waals surface area contributed by atoms with Gasteiger partial charge in [-0.3, -0.25) is 29.4 Å². The maximum Gasteiger partial charge on any atom is 0.421 e. The Morgan fingerprint density at radius 2 is 1.51 bits per heavy atom. The fourth-order valence-corrected chi connectivity index (χ4v) is 12.4. The molecule has 11 rings (SSSR count). The van der Waals surface area contributed by atoms with Gasteiger partial charge in [-0.2, -0.15) is 0 Å². The van der Waals surface area contributed by atoms with Gasteiger partial charge in [-0.25, -0.2) is 14.7 Å². The lowest BCUT2D eigenvalue weighted by molar-refractivity contribution is -0.384. The van der Waals surface area contributed by atoms with Crippen molar-refractivity contribution < 1.29 is 48.5 Å². The molecule has 3 amide bonds. The number of aliphatic hydroxyl groups is 2. The van der Waals surface area contributed by atoms with Crippen molar-refractivity contribution >= 4 is 61.9 Å². The van der Waals surface area contributed by atoms with Gasteiger partial charge in [0.1, 0.15) is 42.1 Å². The van der Waals surface area contributed by atoms with Crippen LogP contribution in [0.2, 0.25) is 0 Å². The van der Waals surface area contributed by atoms with E-state index >= 15 is 19.2 Å². The van der Waals surface area contributed by atoms with E-state index in [0.29, 0.717) is 51.9 Å². The maximum atomic E-state index is 16.8. The van der Waals surface area contributed by atoms with Gasteiger partial charge < -0.3 is 29.7 Å². The zero-order valence-corrected chi connectivity index (χ0v) is 41.8. The number of cyclic esters (lactones) is 1. The summed E-state index contributed by atoms with van der Waals surface area (Å²) in [7, 11) is 0. The van der Waals surface area contributed by atoms with E-state index in [-0.39, 0.29) is 41.9 Å². The molecule has 0 bridgehead atoms. The van der Waals surface area contributed by atoms with Crippen molar-refractivity contribution in [3.63, 3.8) is 0 Å². The number of ether oxygens (including phenoxy) is 3. The average Bonchev–Trinajstić information content (AvgIpc) is 4.21. The Balaban J connectivity index is 1.16. The highest BCUT2D eigenvalue weighted by molar-refractivity contribution is 7.22. The molecule has 3 fully saturated rings. The van der Waals surface area contributed by atoms with E-state index in [0.717, 1.165) is 35.3 Å². The van der Waals surface area contributed by atoms with E-state index in [1.54, 1.807) is 42.5 Å². The van der Waals surface area contributed by atoms with Gasteiger partial charge in [0, 0.05) is 17.7 Å². The minimum absolute atomic E-state index is 0.00263. The summed E-state index contributed by atoms with van der Waals surface area (Å²) in [5, 5.41) is 36.2. The first-order chi connectivity index (χ1) is 37.0. The lowest BCUT2D eigenvalue weighted by Crippen LogP contribution is -2.54. The number of aliphatic hydroxyl groups excluding tert-OH is 1. The number of esters is 1. The molecule has 3 aliphatic heterocycles. The number of carbonyl (C=O) groups excluding carboxylic acids is 4. The van der Waals surface area contributed by atoms with Crippen molar-refractivity contribution in [2.75, 3.05) is 23.4 Å². The molecule has 1 saturated carbocycles. The van der Waals surface area contributed by atoms with Crippen molar-refractivity contribution in [1.29, 1.82) is 0 Å². The number of hydrogen-bond donors (Lipinski definition) is 3. The van der Waals surface area contributed by atoms with Crippen LogP contribution in [0, 0.1) is 27.9 Å². The van der Waals surface area contributed by atoms with Crippen LogP contribution in [0.25, 0.3) is 10.2 Å². The quantitative estimate of drug-likeness (QED) is 0.0363. The number of nitrogens with zero attached hydrogens (tertiary/aromatic N) is 4. The van der Waals surface area contributed by atoms with Crippen molar-refractivity contribution in [2.24, 2.45) is 5.92 Å². The van der Waals surface area contributed by atoms with E-state index < -0.39 is 70.0 Å². The molecule has 384 valence electrons. The number of hydrogen-bond acceptors (Lipinski definition) is 14. The SMILES string of the molecule is O=C1OC(c2ccccc2)C(c2ccccc2)N2C1C(C(=O)Nc1nc3ccccc3s1)C1(C(=O)N(C(=O)OCc3ccc([N+](=O)[O-])cc3)c3ccc(C#CC4(O)CCCCCC4)cc31)C2c1ccc(OCCO)cc1. The number of fused-ring (bicyclic) bond motifs is 4. The van der Waals surface area contributed by atoms with Crippen LogP contribution < -0.4 is 15.0 Å². The van der Waals surface area contributed by atoms with Crippen LogP contribution in [-0.4, -0.2) is 73.8 Å². The molecule has 76 heavy (non-hydrogen) atoms. The molecule has 2 saturated heterocycles. The van der Waals surface area contributed by atoms with E-state index in [1.807, 2.05) is 89.8 Å². The molecule has 17 heteroatoms. The highest BCUT2D eigenvalue weighted by Gasteiger charge is 2.76. The number of anilines is 2. The van der Waals surface area contributed by atoms with Gasteiger partial charge in [-0.1, -0.05) is 121 Å². The van der Waals surface area contributed by atoms with Crippen LogP contribution in [-0.2, 0) is 35.9 Å². The topological polar surface area (TPSA) is 211 Å². The number of imide groups is 1. The molecule has 4 aliphatic rings. The van der Waals surface area contributed by atoms with Crippen molar-refractivity contribution in [3.05, 3.63) is 195 Å². The van der Waals surface area contributed by atoms with Crippen LogP contribution in [0.4, 0.5) is 21.3 Å². The summed E-state index contributed by atoms with van der Waals surface area (Å²) in [5.41, 5.74) is -0.200. The number of non-ortho nitro benzene ring substituents is 1. The number of nitro groups is 1. The third-order valence-electron chi connectivity index (χ3n) is 14.9. The molecule has 6 atom stereocenters. The largest absolute Gasteiger partial charge is 0.491 e. The molecule has 4 heterocycles. The number of amides is 3. The number of rotatable bonds is 11. The molecule has 7 aromatic rings. The minimum atomic E-state index is -2.19. The first-order valence-electron chi connectivity index (χ1n) is 25.2. The predicted molar refractivity (Wildman–Crippen MR) is 282 cm³/mol. The van der Waals surface area contributed by atoms with E-state index in [4.69, 9.17) is 19.2 Å². The molecular formula is C59H51N5O11S. The zero-order chi connectivity index (χ0) is 52.6. The number of nitro benzene ring substituents is 1. The molecular weight excluding hydrogens is 987 g/mol. The second-order valence-corrected chi connectivity index (χ2v) is 20.5. The maximum absolute atomic E-state index is 16.8. The number of aromatic nitrogens is 1. The predicted octanol–water partition coefficient (Wildman–Crippen LogP) is 9.65. The highest BCUT2D eigenvalue weighted by atomic mass is 32.1. The van der Waals surface area contributed by atoms with Crippen molar-refractivity contribution in [3.8, 4) is 17.6 Å². The van der Waals surface area contributed by atoms with Crippen LogP contribution in [0.15, 0.2) is 152 Å². The summed E-state index contributed by atoms with van der Waals surface area (Å²) in [5.74, 6) is 2.64. The molecule has 3 N–H and O–H groups in total. The third kappa shape index (κ3) is 9.12. The molecule has 16 nitrogen and oxygen atoms in total. The van der Waals surface area contributed by atoms with Gasteiger partial charge in [-0.05, 0) is 108 Å². The summed E-state index contributed by atoms with van der Waals surface area (Å²) in [6.07, 6.45) is 2.36. The van der Waals surface area contributed by atoms with Gasteiger partial charge in [0.25, 0.3) is 5.69 Å². The smallest absolute Gasteiger partial charge is 0.421 e. The number of benzene rings is 6. The molecule has 1 aliphatic carbocycles. The molecule has 6 unspecified atom stereocenters. The second kappa shape index (κ2) is 20.8. The summed E-state index contributed by atoms with van der Waals surface area (Å²) in [4.78, 5) is 81.9. The summed E-state index contributed by atoms with van der Waals surface area (Å²) >= 11 is 1.21. The third-order valence-corrected chi connectivity index (χ3v) is 15.8. The fourth-order valence-electron chi connectivity index (χ4n) is 11.5. The van der Waals surface area contributed by atoms with E-state index in [9.17, 15) is 20.3 Å². The Morgan fingerprint density at radius 1 is 0.829 bits per heavy atom. The summed E-state index contributed by atoms with van der Waals surface area (Å²) in [6.45, 7) is -0.640. The van der Waals surface area contributed by atoms with Crippen molar-refractivity contribution in [2.45, 2.75) is 80.4 Å². The average molecular weight is 1040 g/mol. The molecule has 0 radical (unpaired) electrons.